The Balaban J connectivity index is 1.72. The average molecular weight is 404 g/mol. The molecule has 0 aliphatic rings. The van der Waals surface area contributed by atoms with Gasteiger partial charge in [-0.15, -0.1) is 0 Å². The number of rotatable bonds is 6. The molecule has 1 heterocycles. The highest BCUT2D eigenvalue weighted by molar-refractivity contribution is 6.32. The van der Waals surface area contributed by atoms with Crippen molar-refractivity contribution in [2.45, 2.75) is 20.4 Å². The second kappa shape index (κ2) is 8.39. The molecule has 0 spiro atoms. The van der Waals surface area contributed by atoms with Gasteiger partial charge in [-0.05, 0) is 42.3 Å². The third-order valence-corrected chi connectivity index (χ3v) is 4.18. The molecule has 0 saturated heterocycles. The van der Waals surface area contributed by atoms with Gasteiger partial charge >= 0.3 is 0 Å². The molecule has 28 heavy (non-hydrogen) atoms. The summed E-state index contributed by atoms with van der Waals surface area (Å²) in [6.45, 7) is 4.33. The Bertz CT molecular complexity index is 1080. The van der Waals surface area contributed by atoms with E-state index in [-0.39, 0.29) is 11.9 Å². The smallest absolute Gasteiger partial charge is 0.261 e. The normalized spacial score (nSPS) is 11.0. The number of nitrogens with zero attached hydrogens (tertiary/aromatic N) is 2. The molecule has 0 bridgehead atoms. The minimum atomic E-state index is -0.539. The highest BCUT2D eigenvalue weighted by Gasteiger charge is 2.11. The van der Waals surface area contributed by atoms with Gasteiger partial charge in [-0.1, -0.05) is 25.4 Å². The first-order valence-electron chi connectivity index (χ1n) is 8.70. The van der Waals surface area contributed by atoms with Crippen LogP contribution in [-0.2, 0) is 11.3 Å². The predicted octanol–water partition coefficient (Wildman–Crippen LogP) is 3.86. The monoisotopic (exact) mass is 403 g/mol. The average Bonchev–Trinajstić information content (AvgIpc) is 2.63. The summed E-state index contributed by atoms with van der Waals surface area (Å²) in [5.41, 5.74) is 0.349. The van der Waals surface area contributed by atoms with E-state index in [1.165, 1.54) is 18.5 Å². The molecule has 0 unspecified atom stereocenters. The maximum atomic E-state index is 13.4. The molecule has 0 radical (unpaired) electrons. The molecule has 1 aromatic heterocycles. The first kappa shape index (κ1) is 19.8. The molecule has 0 aliphatic heterocycles. The number of benzene rings is 2. The van der Waals surface area contributed by atoms with Crippen molar-refractivity contribution in [3.8, 4) is 5.75 Å². The Morgan fingerprint density at radius 1 is 1.29 bits per heavy atom. The topological polar surface area (TPSA) is 73.2 Å². The summed E-state index contributed by atoms with van der Waals surface area (Å²) < 4.78 is 20.1. The number of carbonyl (C=O) groups excluding carboxylic acids is 1. The van der Waals surface area contributed by atoms with Crippen LogP contribution in [0, 0.1) is 11.7 Å². The lowest BCUT2D eigenvalue weighted by atomic mass is 10.2. The maximum absolute atomic E-state index is 13.4. The number of anilines is 1. The van der Waals surface area contributed by atoms with E-state index in [1.54, 1.807) is 18.2 Å². The largest absolute Gasteiger partial charge is 0.492 e. The van der Waals surface area contributed by atoms with Crippen molar-refractivity contribution in [2.24, 2.45) is 5.92 Å². The van der Waals surface area contributed by atoms with Gasteiger partial charge in [-0.25, -0.2) is 9.37 Å². The van der Waals surface area contributed by atoms with Crippen LogP contribution in [0.1, 0.15) is 13.8 Å². The van der Waals surface area contributed by atoms with Gasteiger partial charge in [0.15, 0.2) is 0 Å². The fraction of sp³-hybridized carbons (Fsp3) is 0.250. The van der Waals surface area contributed by atoms with E-state index in [0.29, 0.717) is 34.5 Å². The lowest BCUT2D eigenvalue weighted by Crippen LogP contribution is -2.28. The highest BCUT2D eigenvalue weighted by Crippen LogP contribution is 2.28. The molecule has 0 fully saturated rings. The first-order valence-corrected chi connectivity index (χ1v) is 9.08. The predicted molar refractivity (Wildman–Crippen MR) is 106 cm³/mol. The molecule has 3 rings (SSSR count). The third-order valence-electron chi connectivity index (χ3n) is 3.89. The standard InChI is InChI=1S/C20H19ClFN3O3/c1-12(2)10-28-18-6-4-14(8-16(18)21)24-19(26)9-25-11-23-17-5-3-13(22)7-15(17)20(25)27/h3-8,11-12H,9-10H2,1-2H3,(H,24,26). The molecule has 0 atom stereocenters. The summed E-state index contributed by atoms with van der Waals surface area (Å²) in [6.07, 6.45) is 1.26. The van der Waals surface area contributed by atoms with E-state index in [0.717, 1.165) is 10.6 Å². The number of amides is 1. The van der Waals surface area contributed by atoms with Crippen molar-refractivity contribution < 1.29 is 13.9 Å². The van der Waals surface area contributed by atoms with E-state index in [9.17, 15) is 14.0 Å². The molecular weight excluding hydrogens is 385 g/mol. The van der Waals surface area contributed by atoms with Gasteiger partial charge in [-0.2, -0.15) is 0 Å². The number of halogens is 2. The van der Waals surface area contributed by atoms with Crippen molar-refractivity contribution in [1.82, 2.24) is 9.55 Å². The van der Waals surface area contributed by atoms with Crippen LogP contribution in [-0.4, -0.2) is 22.1 Å². The summed E-state index contributed by atoms with van der Waals surface area (Å²) in [4.78, 5) is 28.8. The fourth-order valence-electron chi connectivity index (χ4n) is 2.55. The molecular formula is C20H19ClFN3O3. The van der Waals surface area contributed by atoms with E-state index >= 15 is 0 Å². The van der Waals surface area contributed by atoms with Crippen molar-refractivity contribution >= 4 is 34.1 Å². The Morgan fingerprint density at radius 2 is 2.07 bits per heavy atom. The van der Waals surface area contributed by atoms with Crippen LogP contribution in [0.3, 0.4) is 0 Å². The van der Waals surface area contributed by atoms with Gasteiger partial charge in [0.1, 0.15) is 18.1 Å². The fourth-order valence-corrected chi connectivity index (χ4v) is 2.79. The van der Waals surface area contributed by atoms with Gasteiger partial charge in [0.2, 0.25) is 5.91 Å². The second-order valence-electron chi connectivity index (χ2n) is 6.74. The van der Waals surface area contributed by atoms with Gasteiger partial charge in [0.05, 0.1) is 28.9 Å². The molecule has 8 heteroatoms. The lowest BCUT2D eigenvalue weighted by molar-refractivity contribution is -0.116. The number of nitrogens with one attached hydrogen (secondary N) is 1. The van der Waals surface area contributed by atoms with Crippen molar-refractivity contribution in [2.75, 3.05) is 11.9 Å². The number of ether oxygens (including phenoxy) is 1. The number of hydrogen-bond donors (Lipinski definition) is 1. The van der Waals surface area contributed by atoms with Crippen molar-refractivity contribution in [3.05, 3.63) is 63.9 Å². The lowest BCUT2D eigenvalue weighted by Gasteiger charge is -2.12. The van der Waals surface area contributed by atoms with Gasteiger partial charge in [-0.3, -0.25) is 14.2 Å². The summed E-state index contributed by atoms with van der Waals surface area (Å²) in [6, 6.07) is 8.66. The Kier molecular flexibility index (Phi) is 5.94. The summed E-state index contributed by atoms with van der Waals surface area (Å²) in [5.74, 6) is -0.0854. The Morgan fingerprint density at radius 3 is 2.79 bits per heavy atom. The second-order valence-corrected chi connectivity index (χ2v) is 7.14. The van der Waals surface area contributed by atoms with Crippen molar-refractivity contribution in [1.29, 1.82) is 0 Å². The Hall–Kier alpha value is -2.93. The number of carbonyl (C=O) groups is 1. The molecule has 2 aromatic carbocycles. The van der Waals surface area contributed by atoms with E-state index in [1.807, 2.05) is 13.8 Å². The van der Waals surface area contributed by atoms with Crippen LogP contribution in [0.2, 0.25) is 5.02 Å². The van der Waals surface area contributed by atoms with E-state index in [4.69, 9.17) is 16.3 Å². The molecule has 1 N–H and O–H groups in total. The molecule has 1 amide bonds. The molecule has 6 nitrogen and oxygen atoms in total. The third kappa shape index (κ3) is 4.67. The highest BCUT2D eigenvalue weighted by atomic mass is 35.5. The van der Waals surface area contributed by atoms with E-state index < -0.39 is 17.3 Å². The number of fused-ring (bicyclic) bond motifs is 1. The van der Waals surface area contributed by atoms with Crippen LogP contribution in [0.25, 0.3) is 10.9 Å². The van der Waals surface area contributed by atoms with Gasteiger partial charge in [0.25, 0.3) is 5.56 Å². The number of aromatic nitrogens is 2. The van der Waals surface area contributed by atoms with Crippen LogP contribution in [0.5, 0.6) is 5.75 Å². The van der Waals surface area contributed by atoms with Gasteiger partial charge < -0.3 is 10.1 Å². The maximum Gasteiger partial charge on any atom is 0.261 e. The first-order chi connectivity index (χ1) is 13.3. The summed E-state index contributed by atoms with van der Waals surface area (Å²) in [5, 5.41) is 3.16. The zero-order valence-electron chi connectivity index (χ0n) is 15.4. The Labute approximate surface area is 165 Å². The van der Waals surface area contributed by atoms with Crippen LogP contribution in [0.15, 0.2) is 47.5 Å². The van der Waals surface area contributed by atoms with Crippen LogP contribution < -0.4 is 15.6 Å². The summed E-state index contributed by atoms with van der Waals surface area (Å²) in [7, 11) is 0. The van der Waals surface area contributed by atoms with Crippen molar-refractivity contribution in [3.63, 3.8) is 0 Å². The summed E-state index contributed by atoms with van der Waals surface area (Å²) >= 11 is 6.18. The van der Waals surface area contributed by atoms with Gasteiger partial charge in [0, 0.05) is 5.69 Å². The zero-order chi connectivity index (χ0) is 20.3. The van der Waals surface area contributed by atoms with E-state index in [2.05, 4.69) is 10.3 Å². The molecule has 0 aliphatic carbocycles. The van der Waals surface area contributed by atoms with Crippen LogP contribution >= 0.6 is 11.6 Å². The molecule has 0 saturated carbocycles. The number of hydrogen-bond acceptors (Lipinski definition) is 4. The van der Waals surface area contributed by atoms with Crippen LogP contribution in [0.4, 0.5) is 10.1 Å². The SMILES string of the molecule is CC(C)COc1ccc(NC(=O)Cn2cnc3ccc(F)cc3c2=O)cc1Cl. The minimum absolute atomic E-state index is 0.116. The quantitative estimate of drug-likeness (QED) is 0.678. The molecule has 146 valence electrons. The zero-order valence-corrected chi connectivity index (χ0v) is 16.2. The minimum Gasteiger partial charge on any atom is -0.492 e. The molecule has 3 aromatic rings.